The van der Waals surface area contributed by atoms with Crippen LogP contribution in [0, 0.1) is 5.92 Å². The van der Waals surface area contributed by atoms with Gasteiger partial charge >= 0.3 is 0 Å². The highest BCUT2D eigenvalue weighted by Gasteiger charge is 2.33. The molecular weight excluding hydrogens is 212 g/mol. The van der Waals surface area contributed by atoms with Gasteiger partial charge in [-0.05, 0) is 43.2 Å². The Balaban J connectivity index is 2.15. The van der Waals surface area contributed by atoms with E-state index in [1.54, 1.807) is 13.3 Å². The molecule has 1 aliphatic rings. The minimum atomic E-state index is -0.201. The summed E-state index contributed by atoms with van der Waals surface area (Å²) >= 11 is 0. The number of rotatable bonds is 3. The van der Waals surface area contributed by atoms with Crippen LogP contribution in [-0.2, 0) is 5.54 Å². The lowest BCUT2D eigenvalue weighted by molar-refractivity contribution is 0.230. The highest BCUT2D eigenvalue weighted by Crippen LogP contribution is 2.38. The normalized spacial score (nSPS) is 29.0. The molecule has 0 unspecified atom stereocenters. The fraction of sp³-hybridized carbons (Fsp3) is 0.643. The average Bonchev–Trinajstić information content (AvgIpc) is 2.40. The molecule has 1 aromatic rings. The van der Waals surface area contributed by atoms with Crippen LogP contribution < -0.4 is 10.5 Å². The van der Waals surface area contributed by atoms with E-state index in [0.717, 1.165) is 30.1 Å². The van der Waals surface area contributed by atoms with Crippen molar-refractivity contribution >= 4 is 0 Å². The number of aromatic nitrogens is 1. The number of pyridine rings is 1. The van der Waals surface area contributed by atoms with Crippen molar-refractivity contribution in [2.45, 2.75) is 44.6 Å². The standard InChI is InChI=1S/C14H22N2O/c1-3-11-4-6-14(15,7-5-11)12-8-13(17-2)10-16-9-12/h8-11H,3-7,15H2,1-2H3. The summed E-state index contributed by atoms with van der Waals surface area (Å²) in [6.07, 6.45) is 9.45. The van der Waals surface area contributed by atoms with Crippen LogP contribution in [0.25, 0.3) is 0 Å². The average molecular weight is 234 g/mol. The van der Waals surface area contributed by atoms with Crippen LogP contribution in [0.2, 0.25) is 0 Å². The molecule has 0 bridgehead atoms. The molecule has 0 amide bonds. The predicted octanol–water partition coefficient (Wildman–Crippen LogP) is 2.84. The van der Waals surface area contributed by atoms with Crippen molar-refractivity contribution < 1.29 is 4.74 Å². The maximum Gasteiger partial charge on any atom is 0.137 e. The zero-order chi connectivity index (χ0) is 12.3. The van der Waals surface area contributed by atoms with Gasteiger partial charge in [0.15, 0.2) is 0 Å². The first-order valence-corrected chi connectivity index (χ1v) is 6.46. The Bertz CT molecular complexity index is 370. The molecule has 17 heavy (non-hydrogen) atoms. The van der Waals surface area contributed by atoms with E-state index in [9.17, 15) is 0 Å². The predicted molar refractivity (Wildman–Crippen MR) is 68.9 cm³/mol. The molecule has 1 aliphatic carbocycles. The summed E-state index contributed by atoms with van der Waals surface area (Å²) in [6, 6.07) is 2.03. The van der Waals surface area contributed by atoms with Gasteiger partial charge in [0, 0.05) is 11.7 Å². The van der Waals surface area contributed by atoms with Crippen molar-refractivity contribution in [1.82, 2.24) is 4.98 Å². The molecule has 0 atom stereocenters. The Labute approximate surface area is 103 Å². The van der Waals surface area contributed by atoms with E-state index in [2.05, 4.69) is 11.9 Å². The molecule has 2 rings (SSSR count). The first kappa shape index (κ1) is 12.4. The summed E-state index contributed by atoms with van der Waals surface area (Å²) in [4.78, 5) is 4.21. The zero-order valence-corrected chi connectivity index (χ0v) is 10.8. The number of methoxy groups -OCH3 is 1. The molecule has 3 heteroatoms. The molecule has 2 N–H and O–H groups in total. The second-order valence-electron chi connectivity index (χ2n) is 5.12. The lowest BCUT2D eigenvalue weighted by Gasteiger charge is -2.37. The summed E-state index contributed by atoms with van der Waals surface area (Å²) in [7, 11) is 1.66. The van der Waals surface area contributed by atoms with Gasteiger partial charge in [-0.2, -0.15) is 0 Å². The summed E-state index contributed by atoms with van der Waals surface area (Å²) < 4.78 is 5.21. The van der Waals surface area contributed by atoms with Crippen LogP contribution in [0.15, 0.2) is 18.5 Å². The highest BCUT2D eigenvalue weighted by molar-refractivity contribution is 5.29. The van der Waals surface area contributed by atoms with Gasteiger partial charge in [-0.3, -0.25) is 4.98 Å². The van der Waals surface area contributed by atoms with Gasteiger partial charge in [0.25, 0.3) is 0 Å². The first-order chi connectivity index (χ1) is 8.18. The largest absolute Gasteiger partial charge is 0.495 e. The van der Waals surface area contributed by atoms with Gasteiger partial charge in [-0.15, -0.1) is 0 Å². The second-order valence-corrected chi connectivity index (χ2v) is 5.12. The number of ether oxygens (including phenoxy) is 1. The van der Waals surface area contributed by atoms with E-state index < -0.39 is 0 Å². The minimum Gasteiger partial charge on any atom is -0.495 e. The van der Waals surface area contributed by atoms with Crippen molar-refractivity contribution in [1.29, 1.82) is 0 Å². The Morgan fingerprint density at radius 2 is 2.12 bits per heavy atom. The molecule has 3 nitrogen and oxygen atoms in total. The van der Waals surface area contributed by atoms with Gasteiger partial charge in [0.2, 0.25) is 0 Å². The molecule has 0 spiro atoms. The van der Waals surface area contributed by atoms with Crippen molar-refractivity contribution in [2.75, 3.05) is 7.11 Å². The Kier molecular flexibility index (Phi) is 3.67. The Hall–Kier alpha value is -1.09. The van der Waals surface area contributed by atoms with E-state index in [1.807, 2.05) is 12.3 Å². The second kappa shape index (κ2) is 5.05. The lowest BCUT2D eigenvalue weighted by atomic mass is 9.73. The topological polar surface area (TPSA) is 48.1 Å². The first-order valence-electron chi connectivity index (χ1n) is 6.46. The van der Waals surface area contributed by atoms with Gasteiger partial charge in [-0.1, -0.05) is 13.3 Å². The Morgan fingerprint density at radius 1 is 1.41 bits per heavy atom. The summed E-state index contributed by atoms with van der Waals surface area (Å²) in [5.74, 6) is 1.65. The van der Waals surface area contributed by atoms with E-state index in [-0.39, 0.29) is 5.54 Å². The minimum absolute atomic E-state index is 0.201. The van der Waals surface area contributed by atoms with Crippen LogP contribution in [0.1, 0.15) is 44.6 Å². The highest BCUT2D eigenvalue weighted by atomic mass is 16.5. The molecule has 1 saturated carbocycles. The lowest BCUT2D eigenvalue weighted by Crippen LogP contribution is -2.40. The smallest absolute Gasteiger partial charge is 0.137 e. The van der Waals surface area contributed by atoms with Crippen molar-refractivity contribution in [3.63, 3.8) is 0 Å². The van der Waals surface area contributed by atoms with Gasteiger partial charge < -0.3 is 10.5 Å². The number of nitrogens with zero attached hydrogens (tertiary/aromatic N) is 1. The maximum atomic E-state index is 6.53. The maximum absolute atomic E-state index is 6.53. The van der Waals surface area contributed by atoms with Crippen LogP contribution in [-0.4, -0.2) is 12.1 Å². The molecule has 94 valence electrons. The molecule has 0 radical (unpaired) electrons. The van der Waals surface area contributed by atoms with E-state index in [4.69, 9.17) is 10.5 Å². The third-order valence-corrected chi connectivity index (χ3v) is 4.10. The van der Waals surface area contributed by atoms with E-state index >= 15 is 0 Å². The fourth-order valence-corrected chi connectivity index (χ4v) is 2.69. The zero-order valence-electron chi connectivity index (χ0n) is 10.8. The van der Waals surface area contributed by atoms with Gasteiger partial charge in [-0.25, -0.2) is 0 Å². The van der Waals surface area contributed by atoms with Crippen molar-refractivity contribution in [3.8, 4) is 5.75 Å². The molecule has 0 aliphatic heterocycles. The number of hydrogen-bond acceptors (Lipinski definition) is 3. The van der Waals surface area contributed by atoms with Crippen LogP contribution in [0.4, 0.5) is 0 Å². The summed E-state index contributed by atoms with van der Waals surface area (Å²) in [5.41, 5.74) is 7.44. The number of nitrogens with two attached hydrogens (primary N) is 1. The molecule has 0 aromatic carbocycles. The molecule has 1 aromatic heterocycles. The fourth-order valence-electron chi connectivity index (χ4n) is 2.69. The van der Waals surface area contributed by atoms with E-state index in [1.165, 1.54) is 19.3 Å². The molecule has 0 saturated heterocycles. The van der Waals surface area contributed by atoms with Crippen LogP contribution in [0.5, 0.6) is 5.75 Å². The Morgan fingerprint density at radius 3 is 2.71 bits per heavy atom. The number of hydrogen-bond donors (Lipinski definition) is 1. The monoisotopic (exact) mass is 234 g/mol. The summed E-state index contributed by atoms with van der Waals surface area (Å²) in [5, 5.41) is 0. The van der Waals surface area contributed by atoms with Gasteiger partial charge in [0.05, 0.1) is 13.3 Å². The molecule has 1 fully saturated rings. The quantitative estimate of drug-likeness (QED) is 0.874. The molecule has 1 heterocycles. The van der Waals surface area contributed by atoms with E-state index in [0.29, 0.717) is 0 Å². The SMILES string of the molecule is CCC1CCC(N)(c2cncc(OC)c2)CC1. The van der Waals surface area contributed by atoms with Crippen LogP contribution in [0.3, 0.4) is 0 Å². The van der Waals surface area contributed by atoms with Crippen molar-refractivity contribution in [3.05, 3.63) is 24.0 Å². The van der Waals surface area contributed by atoms with Crippen LogP contribution >= 0.6 is 0 Å². The van der Waals surface area contributed by atoms with Crippen molar-refractivity contribution in [2.24, 2.45) is 11.7 Å². The molecular formula is C14H22N2O. The van der Waals surface area contributed by atoms with Gasteiger partial charge in [0.1, 0.15) is 5.75 Å². The third-order valence-electron chi connectivity index (χ3n) is 4.10. The summed E-state index contributed by atoms with van der Waals surface area (Å²) in [6.45, 7) is 2.27. The third kappa shape index (κ3) is 2.60.